The first kappa shape index (κ1) is 60.8. The second-order valence-corrected chi connectivity index (χ2v) is 19.1. The van der Waals surface area contributed by atoms with Gasteiger partial charge in [-0.15, -0.1) is 0 Å². The highest BCUT2D eigenvalue weighted by Crippen LogP contribution is 2.47. The highest BCUT2D eigenvalue weighted by atomic mass is 31.2. The zero-order chi connectivity index (χ0) is 47.8. The second-order valence-electron chi connectivity index (χ2n) is 17.7. The Hall–Kier alpha value is -2.19. The van der Waals surface area contributed by atoms with Gasteiger partial charge in [-0.3, -0.25) is 18.6 Å². The smallest absolute Gasteiger partial charge is 0.462 e. The summed E-state index contributed by atoms with van der Waals surface area (Å²) < 4.78 is 33.6. The monoisotopic (exact) mass is 943 g/mol. The summed E-state index contributed by atoms with van der Waals surface area (Å²) in [5.74, 6) is -1.12. The molecule has 6 N–H and O–H groups in total. The molecule has 1 saturated carbocycles. The lowest BCUT2D eigenvalue weighted by Gasteiger charge is -2.41. The minimum atomic E-state index is -5.13. The summed E-state index contributed by atoms with van der Waals surface area (Å²) in [5.41, 5.74) is 0. The van der Waals surface area contributed by atoms with Gasteiger partial charge in [0, 0.05) is 12.8 Å². The van der Waals surface area contributed by atoms with E-state index in [4.69, 9.17) is 18.5 Å². The van der Waals surface area contributed by atoms with Crippen LogP contribution in [0.4, 0.5) is 0 Å². The highest BCUT2D eigenvalue weighted by molar-refractivity contribution is 7.47. The van der Waals surface area contributed by atoms with Gasteiger partial charge in [-0.25, -0.2) is 4.57 Å². The number of aliphatic hydroxyl groups excluding tert-OH is 5. The van der Waals surface area contributed by atoms with Crippen molar-refractivity contribution >= 4 is 19.8 Å². The molecule has 0 aromatic heterocycles. The quantitative estimate of drug-likeness (QED) is 0.0146. The number of carbonyl (C=O) groups is 2. The molecule has 0 amide bonds. The molecule has 0 saturated heterocycles. The van der Waals surface area contributed by atoms with Crippen LogP contribution in [0.3, 0.4) is 0 Å². The Morgan fingerprint density at radius 2 is 0.831 bits per heavy atom. The van der Waals surface area contributed by atoms with Crippen molar-refractivity contribution in [1.82, 2.24) is 0 Å². The van der Waals surface area contributed by atoms with Gasteiger partial charge in [-0.1, -0.05) is 165 Å². The van der Waals surface area contributed by atoms with Crippen LogP contribution in [0, 0.1) is 0 Å². The van der Waals surface area contributed by atoms with Crippen molar-refractivity contribution in [2.75, 3.05) is 13.2 Å². The number of aliphatic hydroxyl groups is 5. The number of unbranched alkanes of at least 4 members (excludes halogenated alkanes) is 22. The van der Waals surface area contributed by atoms with E-state index in [2.05, 4.69) is 62.5 Å². The van der Waals surface area contributed by atoms with E-state index in [1.165, 1.54) is 77.0 Å². The van der Waals surface area contributed by atoms with Crippen molar-refractivity contribution in [3.05, 3.63) is 48.6 Å². The van der Waals surface area contributed by atoms with Crippen LogP contribution in [-0.2, 0) is 32.7 Å². The Labute approximate surface area is 392 Å². The maximum Gasteiger partial charge on any atom is 0.472 e. The van der Waals surface area contributed by atoms with Gasteiger partial charge in [0.05, 0.1) is 6.61 Å². The van der Waals surface area contributed by atoms with Crippen molar-refractivity contribution in [1.29, 1.82) is 0 Å². The molecule has 1 aliphatic rings. The maximum absolute atomic E-state index is 12.8. The molecule has 0 aliphatic heterocycles. The third kappa shape index (κ3) is 33.0. The predicted octanol–water partition coefficient (Wildman–Crippen LogP) is 10.7. The van der Waals surface area contributed by atoms with E-state index in [1.54, 1.807) is 0 Å². The zero-order valence-electron chi connectivity index (χ0n) is 40.3. The molecule has 1 aliphatic carbocycles. The predicted molar refractivity (Wildman–Crippen MR) is 258 cm³/mol. The molecule has 1 rings (SSSR count). The number of ether oxygens (including phenoxy) is 2. The van der Waals surface area contributed by atoms with Gasteiger partial charge in [0.15, 0.2) is 6.10 Å². The molecule has 0 bridgehead atoms. The van der Waals surface area contributed by atoms with Crippen LogP contribution in [0.25, 0.3) is 0 Å². The third-order valence-corrected chi connectivity index (χ3v) is 12.6. The van der Waals surface area contributed by atoms with Gasteiger partial charge >= 0.3 is 19.8 Å². The minimum absolute atomic E-state index is 0.0805. The lowest BCUT2D eigenvalue weighted by Crippen LogP contribution is -2.64. The Morgan fingerprint density at radius 1 is 0.477 bits per heavy atom. The van der Waals surface area contributed by atoms with Crippen molar-refractivity contribution in [3.63, 3.8) is 0 Å². The first-order chi connectivity index (χ1) is 31.4. The van der Waals surface area contributed by atoms with E-state index in [0.29, 0.717) is 12.8 Å². The fourth-order valence-electron chi connectivity index (χ4n) is 7.52. The zero-order valence-corrected chi connectivity index (χ0v) is 41.2. The number of phosphoric acid groups is 1. The molecule has 0 spiro atoms. The van der Waals surface area contributed by atoms with Crippen LogP contribution in [0.5, 0.6) is 0 Å². The van der Waals surface area contributed by atoms with Crippen LogP contribution in [-0.4, -0.2) is 98.3 Å². The third-order valence-electron chi connectivity index (χ3n) is 11.6. The number of phosphoric ester groups is 1. The molecule has 0 aromatic rings. The van der Waals surface area contributed by atoms with Crippen molar-refractivity contribution in [2.24, 2.45) is 0 Å². The van der Waals surface area contributed by atoms with Gasteiger partial charge < -0.3 is 39.9 Å². The first-order valence-electron chi connectivity index (χ1n) is 25.4. The van der Waals surface area contributed by atoms with Crippen LogP contribution in [0.1, 0.15) is 206 Å². The molecular formula is C51H91O13P. The molecule has 13 nitrogen and oxygen atoms in total. The largest absolute Gasteiger partial charge is 0.472 e. The Balaban J connectivity index is 2.43. The van der Waals surface area contributed by atoms with E-state index in [0.717, 1.165) is 89.9 Å². The van der Waals surface area contributed by atoms with Gasteiger partial charge in [0.25, 0.3) is 0 Å². The number of carbonyl (C=O) groups excluding carboxylic acids is 2. The lowest BCUT2D eigenvalue weighted by molar-refractivity contribution is -0.220. The Morgan fingerprint density at radius 3 is 1.31 bits per heavy atom. The standard InChI is InChI=1S/C51H91O13P/c1-3-5-7-9-11-13-15-17-19-21-22-24-26-28-30-32-34-36-38-40-45(53)63-43(42-62-65(59,60)64-51-49(57)47(55)46(54)48(56)50(51)58)41-61-44(52)39-37-35-33-31-29-27-25-23-20-18-16-14-12-10-8-6-4-2/h11,13,17-20,22,24,43,46-51,54-58H,3-10,12,14-16,21,23,25-42H2,1-2H3,(H,59,60)/b13-11-,19-17-,20-18-,24-22-. The van der Waals surface area contributed by atoms with Gasteiger partial charge in [-0.2, -0.15) is 0 Å². The molecule has 378 valence electrons. The fourth-order valence-corrected chi connectivity index (χ4v) is 8.50. The van der Waals surface area contributed by atoms with Gasteiger partial charge in [0.2, 0.25) is 0 Å². The van der Waals surface area contributed by atoms with Crippen molar-refractivity contribution in [2.45, 2.75) is 249 Å². The van der Waals surface area contributed by atoms with Crippen molar-refractivity contribution in [3.8, 4) is 0 Å². The summed E-state index contributed by atoms with van der Waals surface area (Å²) in [7, 11) is -5.13. The summed E-state index contributed by atoms with van der Waals surface area (Å²) in [6, 6.07) is 0. The normalized spacial score (nSPS) is 21.8. The molecule has 65 heavy (non-hydrogen) atoms. The second kappa shape index (κ2) is 40.8. The highest BCUT2D eigenvalue weighted by Gasteiger charge is 2.51. The van der Waals surface area contributed by atoms with E-state index in [-0.39, 0.29) is 12.8 Å². The van der Waals surface area contributed by atoms with Crippen LogP contribution < -0.4 is 0 Å². The number of hydrogen-bond donors (Lipinski definition) is 6. The van der Waals surface area contributed by atoms with E-state index in [1.807, 2.05) is 0 Å². The molecule has 0 heterocycles. The molecule has 6 unspecified atom stereocenters. The molecule has 14 heteroatoms. The van der Waals surface area contributed by atoms with Gasteiger partial charge in [0.1, 0.15) is 43.2 Å². The summed E-state index contributed by atoms with van der Waals surface area (Å²) in [4.78, 5) is 35.8. The Bertz CT molecular complexity index is 1320. The average molecular weight is 943 g/mol. The van der Waals surface area contributed by atoms with Crippen LogP contribution in [0.2, 0.25) is 0 Å². The summed E-state index contributed by atoms with van der Waals surface area (Å²) >= 11 is 0. The van der Waals surface area contributed by atoms with Crippen LogP contribution >= 0.6 is 7.82 Å². The number of rotatable bonds is 42. The fraction of sp³-hybridized carbons (Fsp3) is 0.804. The Kier molecular flexibility index (Phi) is 38.2. The number of allylic oxidation sites excluding steroid dienone is 8. The summed E-state index contributed by atoms with van der Waals surface area (Å²) in [5, 5.41) is 50.2. The molecular weight excluding hydrogens is 852 g/mol. The van der Waals surface area contributed by atoms with E-state index in [9.17, 15) is 44.6 Å². The number of esters is 2. The van der Waals surface area contributed by atoms with E-state index < -0.39 is 75.7 Å². The topological polar surface area (TPSA) is 210 Å². The number of hydrogen-bond acceptors (Lipinski definition) is 12. The maximum atomic E-state index is 12.8. The van der Waals surface area contributed by atoms with Gasteiger partial charge in [-0.05, 0) is 77.0 Å². The molecule has 0 aromatic carbocycles. The SMILES string of the molecule is CCCCC/C=C\C/C=C\C/C=C\CCCCCCCCC(=O)OC(COC(=O)CCCCCCCCC/C=C\CCCCCCCC)COP(=O)(O)OC1C(O)C(O)C(O)C(O)C1O. The summed E-state index contributed by atoms with van der Waals surface area (Å²) in [6.45, 7) is 3.27. The lowest BCUT2D eigenvalue weighted by atomic mass is 9.85. The molecule has 0 radical (unpaired) electrons. The summed E-state index contributed by atoms with van der Waals surface area (Å²) in [6.07, 6.45) is 35.8. The van der Waals surface area contributed by atoms with Crippen LogP contribution in [0.15, 0.2) is 48.6 Å². The first-order valence-corrected chi connectivity index (χ1v) is 26.9. The average Bonchev–Trinajstić information content (AvgIpc) is 3.29. The van der Waals surface area contributed by atoms with Crippen molar-refractivity contribution < 1.29 is 63.1 Å². The van der Waals surface area contributed by atoms with E-state index >= 15 is 0 Å². The minimum Gasteiger partial charge on any atom is -0.462 e. The molecule has 6 atom stereocenters. The molecule has 1 fully saturated rings.